The van der Waals surface area contributed by atoms with Crippen LogP contribution in [0.15, 0.2) is 29.0 Å². The summed E-state index contributed by atoms with van der Waals surface area (Å²) in [5, 5.41) is 13.2. The van der Waals surface area contributed by atoms with Crippen LogP contribution in [0.2, 0.25) is 0 Å². The molecular formula is C13H16N2O3. The Morgan fingerprint density at radius 1 is 1.44 bits per heavy atom. The summed E-state index contributed by atoms with van der Waals surface area (Å²) in [7, 11) is 0. The summed E-state index contributed by atoms with van der Waals surface area (Å²) in [6.45, 7) is 3.69. The average molecular weight is 248 g/mol. The second-order valence-electron chi connectivity index (χ2n) is 4.21. The quantitative estimate of drug-likeness (QED) is 0.850. The first-order chi connectivity index (χ1) is 8.63. The Balaban J connectivity index is 2.43. The number of pyridine rings is 1. The van der Waals surface area contributed by atoms with Crippen molar-refractivity contribution in [3.05, 3.63) is 24.6 Å². The minimum Gasteiger partial charge on any atom is -0.480 e. The van der Waals surface area contributed by atoms with Crippen LogP contribution >= 0.6 is 0 Å². The van der Waals surface area contributed by atoms with Crippen molar-refractivity contribution >= 4 is 22.8 Å². The normalized spacial score (nSPS) is 11.7. The highest BCUT2D eigenvalue weighted by molar-refractivity contribution is 5.91. The maximum absolute atomic E-state index is 11.4. The predicted octanol–water partition coefficient (Wildman–Crippen LogP) is 2.88. The van der Waals surface area contributed by atoms with E-state index < -0.39 is 11.5 Å². The molecule has 0 radical (unpaired) electrons. The number of carboxylic acids is 1. The van der Waals surface area contributed by atoms with E-state index in [0.29, 0.717) is 24.2 Å². The number of nitrogens with one attached hydrogen (secondary N) is 1. The first-order valence-electron chi connectivity index (χ1n) is 5.96. The first-order valence-corrected chi connectivity index (χ1v) is 5.96. The van der Waals surface area contributed by atoms with Crippen LogP contribution in [0, 0.1) is 0 Å². The number of rotatable bonds is 5. The van der Waals surface area contributed by atoms with Crippen molar-refractivity contribution in [3.8, 4) is 0 Å². The average Bonchev–Trinajstić information content (AvgIpc) is 2.84. The fourth-order valence-corrected chi connectivity index (χ4v) is 2.00. The molecule has 2 rings (SSSR count). The Labute approximate surface area is 105 Å². The molecular weight excluding hydrogens is 232 g/mol. The van der Waals surface area contributed by atoms with E-state index in [-0.39, 0.29) is 0 Å². The number of aromatic nitrogens is 1. The lowest BCUT2D eigenvalue weighted by molar-refractivity contribution is -0.142. The topological polar surface area (TPSA) is 75.4 Å². The first kappa shape index (κ1) is 12.4. The molecule has 0 saturated heterocycles. The molecule has 0 saturated carbocycles. The standard InChI is InChI=1S/C13H16N2O3/c1-3-13(4-2,12(16)17)15-11-9-6-8-18-10(9)5-7-14-11/h5-8H,3-4H2,1-2H3,(H,14,15)(H,16,17). The third kappa shape index (κ3) is 1.92. The molecule has 2 aromatic rings. The van der Waals surface area contributed by atoms with Crippen molar-refractivity contribution < 1.29 is 14.3 Å². The minimum absolute atomic E-state index is 0.481. The van der Waals surface area contributed by atoms with Gasteiger partial charge in [0.2, 0.25) is 0 Å². The number of furan rings is 1. The van der Waals surface area contributed by atoms with Crippen LogP contribution in [-0.4, -0.2) is 21.6 Å². The van der Waals surface area contributed by atoms with E-state index in [1.54, 1.807) is 24.6 Å². The molecule has 0 fully saturated rings. The van der Waals surface area contributed by atoms with Gasteiger partial charge in [-0.05, 0) is 25.0 Å². The van der Waals surface area contributed by atoms with E-state index in [0.717, 1.165) is 5.39 Å². The number of carbonyl (C=O) groups is 1. The number of anilines is 1. The summed E-state index contributed by atoms with van der Waals surface area (Å²) in [4.78, 5) is 15.7. The molecule has 96 valence electrons. The monoisotopic (exact) mass is 248 g/mol. The lowest BCUT2D eigenvalue weighted by Gasteiger charge is -2.28. The molecule has 0 aliphatic rings. The van der Waals surface area contributed by atoms with Crippen LogP contribution in [0.5, 0.6) is 0 Å². The van der Waals surface area contributed by atoms with Gasteiger partial charge in [-0.15, -0.1) is 0 Å². The fraction of sp³-hybridized carbons (Fsp3) is 0.385. The van der Waals surface area contributed by atoms with E-state index >= 15 is 0 Å². The molecule has 0 bridgehead atoms. The number of aliphatic carboxylic acids is 1. The van der Waals surface area contributed by atoms with Gasteiger partial charge >= 0.3 is 5.97 Å². The van der Waals surface area contributed by atoms with Gasteiger partial charge in [0.25, 0.3) is 0 Å². The van der Waals surface area contributed by atoms with Crippen molar-refractivity contribution in [2.45, 2.75) is 32.2 Å². The molecule has 0 unspecified atom stereocenters. The molecule has 0 atom stereocenters. The lowest BCUT2D eigenvalue weighted by Crippen LogP contribution is -2.45. The molecule has 2 N–H and O–H groups in total. The fourth-order valence-electron chi connectivity index (χ4n) is 2.00. The summed E-state index contributed by atoms with van der Waals surface area (Å²) < 4.78 is 5.27. The van der Waals surface area contributed by atoms with Crippen LogP contribution in [0.4, 0.5) is 5.82 Å². The number of hydrogen-bond acceptors (Lipinski definition) is 4. The second kappa shape index (κ2) is 4.68. The Hall–Kier alpha value is -2.04. The maximum atomic E-state index is 11.4. The van der Waals surface area contributed by atoms with Gasteiger partial charge in [0.1, 0.15) is 16.9 Å². The van der Waals surface area contributed by atoms with Crippen molar-refractivity contribution in [1.82, 2.24) is 4.98 Å². The second-order valence-corrected chi connectivity index (χ2v) is 4.21. The lowest BCUT2D eigenvalue weighted by atomic mass is 9.93. The zero-order valence-electron chi connectivity index (χ0n) is 10.4. The van der Waals surface area contributed by atoms with Gasteiger partial charge in [-0.2, -0.15) is 0 Å². The Morgan fingerprint density at radius 2 is 2.17 bits per heavy atom. The SMILES string of the molecule is CCC(CC)(Nc1nccc2occc12)C(=O)O. The van der Waals surface area contributed by atoms with E-state index in [9.17, 15) is 9.90 Å². The zero-order chi connectivity index (χ0) is 13.2. The van der Waals surface area contributed by atoms with E-state index in [1.165, 1.54) is 0 Å². The Kier molecular flexibility index (Phi) is 3.23. The summed E-state index contributed by atoms with van der Waals surface area (Å²) in [5.41, 5.74) is -0.294. The van der Waals surface area contributed by atoms with Crippen LogP contribution in [0.1, 0.15) is 26.7 Å². The van der Waals surface area contributed by atoms with Gasteiger partial charge in [-0.1, -0.05) is 13.8 Å². The summed E-state index contributed by atoms with van der Waals surface area (Å²) in [6, 6.07) is 3.53. The highest BCUT2D eigenvalue weighted by atomic mass is 16.4. The molecule has 2 heterocycles. The van der Waals surface area contributed by atoms with E-state index in [2.05, 4.69) is 10.3 Å². The van der Waals surface area contributed by atoms with E-state index in [4.69, 9.17) is 4.42 Å². The maximum Gasteiger partial charge on any atom is 0.329 e. The smallest absolute Gasteiger partial charge is 0.329 e. The van der Waals surface area contributed by atoms with Crippen molar-refractivity contribution in [2.75, 3.05) is 5.32 Å². The van der Waals surface area contributed by atoms with Crippen LogP contribution in [0.3, 0.4) is 0 Å². The van der Waals surface area contributed by atoms with Gasteiger partial charge in [-0.3, -0.25) is 0 Å². The van der Waals surface area contributed by atoms with Crippen molar-refractivity contribution in [2.24, 2.45) is 0 Å². The van der Waals surface area contributed by atoms with Gasteiger partial charge in [0.15, 0.2) is 0 Å². The van der Waals surface area contributed by atoms with Gasteiger partial charge < -0.3 is 14.8 Å². The molecule has 0 spiro atoms. The van der Waals surface area contributed by atoms with Gasteiger partial charge in [0, 0.05) is 6.20 Å². The number of nitrogens with zero attached hydrogens (tertiary/aromatic N) is 1. The van der Waals surface area contributed by atoms with Gasteiger partial charge in [-0.25, -0.2) is 9.78 Å². The highest BCUT2D eigenvalue weighted by Gasteiger charge is 2.35. The minimum atomic E-state index is -0.988. The molecule has 2 aromatic heterocycles. The molecule has 18 heavy (non-hydrogen) atoms. The molecule has 5 nitrogen and oxygen atoms in total. The molecule has 5 heteroatoms. The van der Waals surface area contributed by atoms with E-state index in [1.807, 2.05) is 13.8 Å². The Bertz CT molecular complexity index is 558. The Morgan fingerprint density at radius 3 is 2.78 bits per heavy atom. The largest absolute Gasteiger partial charge is 0.480 e. The zero-order valence-corrected chi connectivity index (χ0v) is 10.4. The molecule has 0 aromatic carbocycles. The van der Waals surface area contributed by atoms with Crippen LogP contribution in [0.25, 0.3) is 11.0 Å². The highest BCUT2D eigenvalue weighted by Crippen LogP contribution is 2.27. The third-order valence-corrected chi connectivity index (χ3v) is 3.35. The molecule has 0 aliphatic heterocycles. The number of hydrogen-bond donors (Lipinski definition) is 2. The van der Waals surface area contributed by atoms with Crippen LogP contribution < -0.4 is 5.32 Å². The molecule has 0 aliphatic carbocycles. The summed E-state index contributed by atoms with van der Waals surface area (Å²) in [6.07, 6.45) is 4.13. The number of fused-ring (bicyclic) bond motifs is 1. The summed E-state index contributed by atoms with van der Waals surface area (Å²) >= 11 is 0. The van der Waals surface area contributed by atoms with Crippen LogP contribution in [-0.2, 0) is 4.79 Å². The molecule has 0 amide bonds. The number of carboxylic acid groups (broad SMARTS) is 1. The van der Waals surface area contributed by atoms with Gasteiger partial charge in [0.05, 0.1) is 11.6 Å². The predicted molar refractivity (Wildman–Crippen MR) is 68.6 cm³/mol. The third-order valence-electron chi connectivity index (χ3n) is 3.35. The van der Waals surface area contributed by atoms with Crippen molar-refractivity contribution in [1.29, 1.82) is 0 Å². The summed E-state index contributed by atoms with van der Waals surface area (Å²) in [5.74, 6) is -0.317. The van der Waals surface area contributed by atoms with Crippen molar-refractivity contribution in [3.63, 3.8) is 0 Å².